The summed E-state index contributed by atoms with van der Waals surface area (Å²) in [4.78, 5) is 16.4. The number of esters is 1. The number of hydrogen-bond acceptors (Lipinski definition) is 4. The zero-order valence-electron chi connectivity index (χ0n) is 15.1. The molecule has 4 heterocycles. The lowest BCUT2D eigenvalue weighted by molar-refractivity contribution is -0.894. The number of H-pyrrole nitrogens is 1. The van der Waals surface area contributed by atoms with E-state index in [1.54, 1.807) is 0 Å². The Morgan fingerprint density at radius 1 is 1.46 bits per heavy atom. The van der Waals surface area contributed by atoms with Gasteiger partial charge in [0.05, 0.1) is 20.3 Å². The monoisotopic (exact) mass is 356 g/mol. The number of quaternary nitrogens is 1. The molecule has 5 rings (SSSR count). The van der Waals surface area contributed by atoms with Crippen molar-refractivity contribution in [3.8, 4) is 0 Å². The van der Waals surface area contributed by atoms with Crippen molar-refractivity contribution in [2.75, 3.05) is 26.8 Å². The second kappa shape index (κ2) is 5.94. The minimum Gasteiger partial charge on any atom is -0.632 e. The molecule has 2 aromatic rings. The van der Waals surface area contributed by atoms with Gasteiger partial charge in [0.25, 0.3) is 0 Å². The summed E-state index contributed by atoms with van der Waals surface area (Å²) in [7, 11) is 1.35. The Bertz CT molecular complexity index is 902. The van der Waals surface area contributed by atoms with Crippen LogP contribution in [0.4, 0.5) is 0 Å². The van der Waals surface area contributed by atoms with E-state index in [1.807, 2.05) is 37.3 Å². The molecule has 2 N–H and O–H groups in total. The molecule has 138 valence electrons. The zero-order valence-corrected chi connectivity index (χ0v) is 15.1. The van der Waals surface area contributed by atoms with Gasteiger partial charge in [0.1, 0.15) is 18.5 Å². The van der Waals surface area contributed by atoms with Crippen molar-refractivity contribution < 1.29 is 19.3 Å². The van der Waals surface area contributed by atoms with E-state index in [0.29, 0.717) is 25.2 Å². The quantitative estimate of drug-likeness (QED) is 0.374. The molecular formula is C20H24N2O4. The average Bonchev–Trinajstić information content (AvgIpc) is 3.00. The van der Waals surface area contributed by atoms with Gasteiger partial charge < -0.3 is 24.7 Å². The number of para-hydroxylation sites is 1. The van der Waals surface area contributed by atoms with Gasteiger partial charge in [-0.1, -0.05) is 24.3 Å². The normalized spacial score (nSPS) is 32.3. The van der Waals surface area contributed by atoms with Gasteiger partial charge in [-0.3, -0.25) is 4.79 Å². The number of carbonyl (C=O) groups excluding carboxylic acids is 1. The number of nitrogens with zero attached hydrogens (tertiary/aromatic N) is 1. The van der Waals surface area contributed by atoms with E-state index in [9.17, 15) is 15.1 Å². The Labute approximate surface area is 152 Å². The van der Waals surface area contributed by atoms with Gasteiger partial charge in [-0.15, -0.1) is 0 Å². The average molecular weight is 356 g/mol. The van der Waals surface area contributed by atoms with Crippen LogP contribution in [0, 0.1) is 11.1 Å². The molecule has 1 aromatic carbocycles. The standard InChI is InChI=1S/C20H24N2O4/c1-3-13-10-22(25)9-8-16(13)20(12-23,19(24)26-2)18-15(11-22)14-6-4-5-7-17(14)21-18/h3-7,16,21,23H,8-12H2,1-2H3/b13-3-/t16-,20+,22?/m0/s1. The molecule has 0 saturated carbocycles. The van der Waals surface area contributed by atoms with Crippen LogP contribution in [-0.4, -0.2) is 47.5 Å². The number of benzene rings is 1. The van der Waals surface area contributed by atoms with Crippen LogP contribution >= 0.6 is 0 Å². The Balaban J connectivity index is 2.09. The number of fused-ring (bicyclic) bond motifs is 3. The van der Waals surface area contributed by atoms with E-state index >= 15 is 0 Å². The number of piperidine rings is 1. The zero-order chi connectivity index (χ0) is 18.5. The number of methoxy groups -OCH3 is 1. The fourth-order valence-corrected chi connectivity index (χ4v) is 4.95. The van der Waals surface area contributed by atoms with Crippen LogP contribution in [0.5, 0.6) is 0 Å². The van der Waals surface area contributed by atoms with Gasteiger partial charge in [-0.2, -0.15) is 0 Å². The maximum absolute atomic E-state index is 13.4. The van der Waals surface area contributed by atoms with E-state index < -0.39 is 11.4 Å². The summed E-state index contributed by atoms with van der Waals surface area (Å²) >= 11 is 0. The molecule has 1 fully saturated rings. The SMILES string of the molecule is C/C=C1/C[N+]2([O-])CC[C@@H]1[C@@](CO)(C(=O)OC)c1[nH]c3ccccc3c1C2. The van der Waals surface area contributed by atoms with E-state index in [0.717, 1.165) is 22.0 Å². The Kier molecular flexibility index (Phi) is 3.95. The molecule has 1 aromatic heterocycles. The van der Waals surface area contributed by atoms with Gasteiger partial charge in [0.2, 0.25) is 0 Å². The molecule has 3 aliphatic heterocycles. The van der Waals surface area contributed by atoms with Crippen molar-refractivity contribution in [3.05, 3.63) is 52.4 Å². The lowest BCUT2D eigenvalue weighted by Crippen LogP contribution is -2.59. The van der Waals surface area contributed by atoms with Crippen LogP contribution in [-0.2, 0) is 21.5 Å². The highest BCUT2D eigenvalue weighted by molar-refractivity contribution is 5.91. The number of aliphatic hydroxyl groups excluding tert-OH is 1. The fourth-order valence-electron chi connectivity index (χ4n) is 4.95. The lowest BCUT2D eigenvalue weighted by Gasteiger charge is -2.53. The summed E-state index contributed by atoms with van der Waals surface area (Å²) in [6.45, 7) is 2.59. The molecule has 6 heteroatoms. The molecule has 3 atom stereocenters. The minimum absolute atomic E-state index is 0.253. The van der Waals surface area contributed by atoms with E-state index in [2.05, 4.69) is 4.98 Å². The molecular weight excluding hydrogens is 332 g/mol. The smallest absolute Gasteiger partial charge is 0.320 e. The Morgan fingerprint density at radius 2 is 2.23 bits per heavy atom. The molecule has 0 radical (unpaired) electrons. The minimum atomic E-state index is -1.21. The number of nitrogens with one attached hydrogen (secondary N) is 1. The Morgan fingerprint density at radius 3 is 2.92 bits per heavy atom. The van der Waals surface area contributed by atoms with E-state index in [1.165, 1.54) is 7.11 Å². The number of hydrogen-bond donors (Lipinski definition) is 2. The second-order valence-corrected chi connectivity index (χ2v) is 7.45. The number of carbonyl (C=O) groups is 1. The number of rotatable bonds is 2. The van der Waals surface area contributed by atoms with Crippen LogP contribution in [0.3, 0.4) is 0 Å². The summed E-state index contributed by atoms with van der Waals surface area (Å²) in [5.74, 6) is -0.706. The number of hydroxylamine groups is 3. The number of aromatic nitrogens is 1. The largest absolute Gasteiger partial charge is 0.632 e. The topological polar surface area (TPSA) is 85.4 Å². The van der Waals surface area contributed by atoms with Crippen molar-refractivity contribution >= 4 is 16.9 Å². The van der Waals surface area contributed by atoms with Gasteiger partial charge in [0, 0.05) is 34.5 Å². The summed E-state index contributed by atoms with van der Waals surface area (Å²) in [6.07, 6.45) is 2.48. The summed E-state index contributed by atoms with van der Waals surface area (Å²) in [6, 6.07) is 7.73. The maximum atomic E-state index is 13.4. The Hall–Kier alpha value is -2.15. The van der Waals surface area contributed by atoms with Crippen LogP contribution in [0.1, 0.15) is 24.6 Å². The number of ether oxygens (including phenoxy) is 1. The van der Waals surface area contributed by atoms with Crippen molar-refractivity contribution in [3.63, 3.8) is 0 Å². The summed E-state index contributed by atoms with van der Waals surface area (Å²) in [5.41, 5.74) is 2.05. The third-order valence-corrected chi connectivity index (χ3v) is 6.21. The molecule has 3 aliphatic rings. The van der Waals surface area contributed by atoms with E-state index in [4.69, 9.17) is 4.74 Å². The molecule has 6 nitrogen and oxygen atoms in total. The molecule has 2 bridgehead atoms. The first-order chi connectivity index (χ1) is 12.5. The van der Waals surface area contributed by atoms with Crippen molar-refractivity contribution in [2.45, 2.75) is 25.3 Å². The van der Waals surface area contributed by atoms with Gasteiger partial charge in [-0.25, -0.2) is 0 Å². The first-order valence-electron chi connectivity index (χ1n) is 9.00. The van der Waals surface area contributed by atoms with E-state index in [-0.39, 0.29) is 23.7 Å². The predicted molar refractivity (Wildman–Crippen MR) is 98.0 cm³/mol. The number of allylic oxidation sites excluding steroid dienone is 1. The van der Waals surface area contributed by atoms with Crippen LogP contribution < -0.4 is 0 Å². The highest BCUT2D eigenvalue weighted by atomic mass is 16.5. The first-order valence-corrected chi connectivity index (χ1v) is 9.00. The lowest BCUT2D eigenvalue weighted by atomic mass is 9.64. The molecule has 0 amide bonds. The number of aliphatic hydroxyl groups is 1. The third kappa shape index (κ3) is 2.19. The molecule has 26 heavy (non-hydrogen) atoms. The second-order valence-electron chi connectivity index (χ2n) is 7.45. The highest BCUT2D eigenvalue weighted by Gasteiger charge is 2.56. The van der Waals surface area contributed by atoms with Gasteiger partial charge in [-0.05, 0) is 18.6 Å². The number of aromatic amines is 1. The van der Waals surface area contributed by atoms with Crippen LogP contribution in [0.2, 0.25) is 0 Å². The maximum Gasteiger partial charge on any atom is 0.320 e. The van der Waals surface area contributed by atoms with Crippen molar-refractivity contribution in [1.82, 2.24) is 4.98 Å². The first kappa shape index (κ1) is 17.3. The molecule has 1 unspecified atom stereocenters. The molecule has 0 aliphatic carbocycles. The molecule has 1 saturated heterocycles. The van der Waals surface area contributed by atoms with Gasteiger partial charge in [0.15, 0.2) is 0 Å². The van der Waals surface area contributed by atoms with Gasteiger partial charge >= 0.3 is 5.97 Å². The van der Waals surface area contributed by atoms with Crippen molar-refractivity contribution in [2.24, 2.45) is 5.92 Å². The molecule has 0 spiro atoms. The predicted octanol–water partition coefficient (Wildman–Crippen LogP) is 2.37. The third-order valence-electron chi connectivity index (χ3n) is 6.21. The highest BCUT2D eigenvalue weighted by Crippen LogP contribution is 2.49. The van der Waals surface area contributed by atoms with Crippen LogP contribution in [0.25, 0.3) is 10.9 Å². The van der Waals surface area contributed by atoms with Crippen LogP contribution in [0.15, 0.2) is 35.9 Å². The summed E-state index contributed by atoms with van der Waals surface area (Å²) < 4.78 is 4.85. The van der Waals surface area contributed by atoms with Crippen molar-refractivity contribution in [1.29, 1.82) is 0 Å². The summed E-state index contributed by atoms with van der Waals surface area (Å²) in [5, 5.41) is 24.9. The fraction of sp³-hybridized carbons (Fsp3) is 0.450.